The maximum Gasteiger partial charge on any atom is 0.289 e. The van der Waals surface area contributed by atoms with Gasteiger partial charge in [-0.3, -0.25) is 4.79 Å². The van der Waals surface area contributed by atoms with Gasteiger partial charge >= 0.3 is 0 Å². The molecule has 0 saturated heterocycles. The van der Waals surface area contributed by atoms with Crippen LogP contribution in [-0.2, 0) is 11.8 Å². The van der Waals surface area contributed by atoms with Gasteiger partial charge in [0.1, 0.15) is 11.8 Å². The molecule has 1 heterocycles. The number of ether oxygens (including phenoxy) is 1. The zero-order valence-corrected chi connectivity index (χ0v) is 13.5. The van der Waals surface area contributed by atoms with Crippen LogP contribution in [0.5, 0.6) is 5.75 Å². The third-order valence-corrected chi connectivity index (χ3v) is 3.92. The number of aryl methyl sites for hydroxylation is 1. The number of carbonyl (C=O) groups is 1. The lowest BCUT2D eigenvalue weighted by Gasteiger charge is -2.19. The van der Waals surface area contributed by atoms with E-state index in [2.05, 4.69) is 11.1 Å². The van der Waals surface area contributed by atoms with E-state index in [0.717, 1.165) is 0 Å². The average molecular weight is 315 g/mol. The first-order valence-electron chi connectivity index (χ1n) is 6.87. The number of carbonyl (C=O) groups excluding carboxylic acids is 1. The van der Waals surface area contributed by atoms with Gasteiger partial charge in [0.15, 0.2) is 10.9 Å². The van der Waals surface area contributed by atoms with Crippen LogP contribution < -0.4 is 9.54 Å². The minimum Gasteiger partial charge on any atom is -0.479 e. The molecule has 0 aliphatic heterocycles. The first-order valence-corrected chi connectivity index (χ1v) is 7.75. The Morgan fingerprint density at radius 1 is 1.41 bits per heavy atom. The molecule has 1 aromatic heterocycles. The number of hydrogen-bond donors (Lipinski definition) is 0. The summed E-state index contributed by atoms with van der Waals surface area (Å²) >= 11 is 1.39. The number of para-hydroxylation sites is 1. The van der Waals surface area contributed by atoms with Gasteiger partial charge in [-0.1, -0.05) is 26.0 Å². The van der Waals surface area contributed by atoms with E-state index >= 15 is 0 Å². The molecule has 22 heavy (non-hydrogen) atoms. The standard InChI is InChI=1S/C16H17N3O2S/c1-11(2)14(15(20)18-16-19(3)8-9-22-16)21-13-7-5-4-6-12(13)10-17/h4-9,11,14H,1-3H3. The number of nitriles is 1. The van der Waals surface area contributed by atoms with E-state index in [1.165, 1.54) is 11.3 Å². The highest BCUT2D eigenvalue weighted by Gasteiger charge is 2.25. The summed E-state index contributed by atoms with van der Waals surface area (Å²) in [4.78, 5) is 17.2. The molecule has 2 aromatic rings. The summed E-state index contributed by atoms with van der Waals surface area (Å²) in [6, 6.07) is 8.94. The summed E-state index contributed by atoms with van der Waals surface area (Å²) < 4.78 is 7.56. The van der Waals surface area contributed by atoms with Gasteiger partial charge in [-0.2, -0.15) is 10.3 Å². The molecule has 1 amide bonds. The second-order valence-electron chi connectivity index (χ2n) is 5.14. The largest absolute Gasteiger partial charge is 0.479 e. The van der Waals surface area contributed by atoms with Crippen molar-refractivity contribution in [2.45, 2.75) is 20.0 Å². The van der Waals surface area contributed by atoms with Crippen molar-refractivity contribution in [2.75, 3.05) is 0 Å². The number of nitrogens with zero attached hydrogens (tertiary/aromatic N) is 3. The zero-order chi connectivity index (χ0) is 16.1. The molecule has 0 N–H and O–H groups in total. The topological polar surface area (TPSA) is 67.4 Å². The van der Waals surface area contributed by atoms with Crippen LogP contribution in [0.25, 0.3) is 0 Å². The number of rotatable bonds is 4. The summed E-state index contributed by atoms with van der Waals surface area (Å²) in [6.45, 7) is 3.78. The van der Waals surface area contributed by atoms with Crippen molar-refractivity contribution < 1.29 is 9.53 Å². The van der Waals surface area contributed by atoms with Crippen molar-refractivity contribution in [3.8, 4) is 11.8 Å². The molecule has 0 aliphatic rings. The van der Waals surface area contributed by atoms with Crippen molar-refractivity contribution in [3.63, 3.8) is 0 Å². The maximum atomic E-state index is 12.4. The van der Waals surface area contributed by atoms with Crippen LogP contribution >= 0.6 is 11.3 Å². The minimum atomic E-state index is -0.725. The number of aromatic nitrogens is 1. The zero-order valence-electron chi connectivity index (χ0n) is 12.7. The maximum absolute atomic E-state index is 12.4. The van der Waals surface area contributed by atoms with Crippen molar-refractivity contribution in [1.29, 1.82) is 5.26 Å². The van der Waals surface area contributed by atoms with Crippen LogP contribution in [-0.4, -0.2) is 16.6 Å². The number of hydrogen-bond acceptors (Lipinski definition) is 4. The third kappa shape index (κ3) is 3.62. The molecule has 1 aromatic carbocycles. The molecule has 0 fully saturated rings. The Morgan fingerprint density at radius 2 is 2.14 bits per heavy atom. The molecule has 0 bridgehead atoms. The molecule has 6 heteroatoms. The molecular weight excluding hydrogens is 298 g/mol. The molecular formula is C16H17N3O2S. The Labute approximate surface area is 133 Å². The summed E-state index contributed by atoms with van der Waals surface area (Å²) in [5.74, 6) is -0.00290. The van der Waals surface area contributed by atoms with Crippen molar-refractivity contribution in [2.24, 2.45) is 18.0 Å². The van der Waals surface area contributed by atoms with E-state index < -0.39 is 6.10 Å². The smallest absolute Gasteiger partial charge is 0.289 e. The van der Waals surface area contributed by atoms with Crippen LogP contribution in [0.4, 0.5) is 0 Å². The lowest BCUT2D eigenvalue weighted by Crippen LogP contribution is -2.33. The molecule has 0 radical (unpaired) electrons. The van der Waals surface area contributed by atoms with Gasteiger partial charge in [-0.25, -0.2) is 0 Å². The molecule has 5 nitrogen and oxygen atoms in total. The van der Waals surface area contributed by atoms with Crippen LogP contribution in [0, 0.1) is 17.2 Å². The van der Waals surface area contributed by atoms with Gasteiger partial charge in [0, 0.05) is 18.6 Å². The fourth-order valence-electron chi connectivity index (χ4n) is 1.86. The second kappa shape index (κ2) is 7.05. The summed E-state index contributed by atoms with van der Waals surface area (Å²) in [7, 11) is 1.83. The lowest BCUT2D eigenvalue weighted by molar-refractivity contribution is -0.126. The molecule has 0 aliphatic carbocycles. The number of benzene rings is 1. The summed E-state index contributed by atoms with van der Waals surface area (Å²) in [6.07, 6.45) is 1.11. The van der Waals surface area contributed by atoms with Gasteiger partial charge in [0.25, 0.3) is 5.91 Å². The SMILES string of the molecule is CC(C)C(Oc1ccccc1C#N)C(=O)N=c1sccn1C. The van der Waals surface area contributed by atoms with Gasteiger partial charge in [0.05, 0.1) is 5.56 Å². The highest BCUT2D eigenvalue weighted by Crippen LogP contribution is 2.21. The highest BCUT2D eigenvalue weighted by atomic mass is 32.1. The first-order chi connectivity index (χ1) is 10.5. The number of thiazole rings is 1. The van der Waals surface area contributed by atoms with Crippen molar-refractivity contribution in [1.82, 2.24) is 4.57 Å². The van der Waals surface area contributed by atoms with Crippen LogP contribution in [0.1, 0.15) is 19.4 Å². The monoisotopic (exact) mass is 315 g/mol. The first kappa shape index (κ1) is 16.0. The normalized spacial score (nSPS) is 13.0. The fraction of sp³-hybridized carbons (Fsp3) is 0.312. The van der Waals surface area contributed by atoms with E-state index in [-0.39, 0.29) is 11.8 Å². The molecule has 114 valence electrons. The van der Waals surface area contributed by atoms with E-state index in [1.807, 2.05) is 32.5 Å². The molecule has 2 rings (SSSR count). The molecule has 1 atom stereocenters. The van der Waals surface area contributed by atoms with Gasteiger partial charge in [-0.05, 0) is 18.1 Å². The van der Waals surface area contributed by atoms with Crippen LogP contribution in [0.2, 0.25) is 0 Å². The fourth-order valence-corrected chi connectivity index (χ4v) is 2.60. The highest BCUT2D eigenvalue weighted by molar-refractivity contribution is 7.07. The number of amides is 1. The van der Waals surface area contributed by atoms with E-state index in [1.54, 1.807) is 28.8 Å². The Bertz CT molecular complexity index is 768. The van der Waals surface area contributed by atoms with Crippen molar-refractivity contribution >= 4 is 17.2 Å². The summed E-state index contributed by atoms with van der Waals surface area (Å²) in [5, 5.41) is 11.0. The van der Waals surface area contributed by atoms with Gasteiger partial charge < -0.3 is 9.30 Å². The Kier molecular flexibility index (Phi) is 5.12. The quantitative estimate of drug-likeness (QED) is 0.870. The molecule has 0 saturated carbocycles. The van der Waals surface area contributed by atoms with E-state index in [0.29, 0.717) is 16.1 Å². The van der Waals surface area contributed by atoms with Crippen LogP contribution in [0.3, 0.4) is 0 Å². The van der Waals surface area contributed by atoms with Crippen LogP contribution in [0.15, 0.2) is 40.8 Å². The molecule has 1 unspecified atom stereocenters. The third-order valence-electron chi connectivity index (χ3n) is 3.08. The predicted molar refractivity (Wildman–Crippen MR) is 84.3 cm³/mol. The Balaban J connectivity index is 2.30. The Morgan fingerprint density at radius 3 is 2.73 bits per heavy atom. The molecule has 0 spiro atoms. The van der Waals surface area contributed by atoms with Crippen molar-refractivity contribution in [3.05, 3.63) is 46.2 Å². The average Bonchev–Trinajstić information content (AvgIpc) is 2.89. The van der Waals surface area contributed by atoms with E-state index in [9.17, 15) is 4.79 Å². The lowest BCUT2D eigenvalue weighted by atomic mass is 10.1. The van der Waals surface area contributed by atoms with E-state index in [4.69, 9.17) is 10.00 Å². The summed E-state index contributed by atoms with van der Waals surface area (Å²) in [5.41, 5.74) is 0.405. The minimum absolute atomic E-state index is 0.0618. The Hall–Kier alpha value is -2.39. The predicted octanol–water partition coefficient (Wildman–Crippen LogP) is 2.49. The second-order valence-corrected chi connectivity index (χ2v) is 6.01. The van der Waals surface area contributed by atoms with Gasteiger partial charge in [0.2, 0.25) is 0 Å². The van der Waals surface area contributed by atoms with Gasteiger partial charge in [-0.15, -0.1) is 11.3 Å².